The third-order valence-corrected chi connectivity index (χ3v) is 2.15. The quantitative estimate of drug-likeness (QED) is 0.727. The number of hydrogen-bond acceptors (Lipinski definition) is 1. The smallest absolute Gasteiger partial charge is 0.214 e. The van der Waals surface area contributed by atoms with Gasteiger partial charge >= 0.3 is 0 Å². The number of halogens is 1. The number of anilines is 1. The molecule has 0 bridgehead atoms. The predicted molar refractivity (Wildman–Crippen MR) is 53.2 cm³/mol. The molecule has 0 heterocycles. The van der Waals surface area contributed by atoms with Crippen LogP contribution in [-0.2, 0) is 4.79 Å². The monoisotopic (exact) mass is 227 g/mol. The Morgan fingerprint density at radius 2 is 2.00 bits per heavy atom. The third kappa shape index (κ3) is 2.08. The van der Waals surface area contributed by atoms with Gasteiger partial charge in [-0.25, -0.2) is 0 Å². The summed E-state index contributed by atoms with van der Waals surface area (Å²) in [6, 6.07) is 7.65. The van der Waals surface area contributed by atoms with Crippen LogP contribution in [-0.4, -0.2) is 13.0 Å². The minimum atomic E-state index is 0.700. The molecule has 2 nitrogen and oxygen atoms in total. The molecule has 1 aromatic carbocycles. The van der Waals surface area contributed by atoms with Gasteiger partial charge in [-0.1, -0.05) is 15.9 Å². The maximum absolute atomic E-state index is 10.5. The fourth-order valence-electron chi connectivity index (χ4n) is 0.951. The van der Waals surface area contributed by atoms with Crippen molar-refractivity contribution in [3.63, 3.8) is 0 Å². The Bertz CT molecular complexity index is 258. The van der Waals surface area contributed by atoms with E-state index < -0.39 is 0 Å². The minimum absolute atomic E-state index is 0.700. The van der Waals surface area contributed by atoms with E-state index in [-0.39, 0.29) is 0 Å². The molecule has 64 valence electrons. The van der Waals surface area contributed by atoms with Crippen molar-refractivity contribution in [1.82, 2.24) is 0 Å². The highest BCUT2D eigenvalue weighted by Gasteiger charge is 2.00. The van der Waals surface area contributed by atoms with Crippen molar-refractivity contribution in [1.29, 1.82) is 0 Å². The van der Waals surface area contributed by atoms with Gasteiger partial charge in [0.1, 0.15) is 0 Å². The summed E-state index contributed by atoms with van der Waals surface area (Å²) in [6.45, 7) is 2.64. The number of rotatable bonds is 3. The fourth-order valence-corrected chi connectivity index (χ4v) is 1.21. The fraction of sp³-hybridized carbons (Fsp3) is 0.222. The predicted octanol–water partition coefficient (Wildman–Crippen LogP) is 2.43. The first-order valence-electron chi connectivity index (χ1n) is 3.75. The molecule has 1 amide bonds. The lowest BCUT2D eigenvalue weighted by Gasteiger charge is -2.14. The van der Waals surface area contributed by atoms with Crippen LogP contribution >= 0.6 is 15.9 Å². The number of carbonyl (C=O) groups excluding carboxylic acids is 1. The normalized spacial score (nSPS) is 9.50. The van der Waals surface area contributed by atoms with Gasteiger partial charge in [0.05, 0.1) is 0 Å². The molecule has 0 N–H and O–H groups in total. The molecule has 3 heteroatoms. The molecule has 1 rings (SSSR count). The molecular formula is C9H10BrNO. The Morgan fingerprint density at radius 3 is 2.42 bits per heavy atom. The van der Waals surface area contributed by atoms with Crippen molar-refractivity contribution in [3.8, 4) is 0 Å². The van der Waals surface area contributed by atoms with Crippen LogP contribution in [0, 0.1) is 0 Å². The largest absolute Gasteiger partial charge is 0.315 e. The molecule has 0 spiro atoms. The molecule has 0 radical (unpaired) electrons. The Labute approximate surface area is 80.3 Å². The number of carbonyl (C=O) groups is 1. The maximum atomic E-state index is 10.5. The van der Waals surface area contributed by atoms with Crippen molar-refractivity contribution in [3.05, 3.63) is 28.7 Å². The first-order valence-corrected chi connectivity index (χ1v) is 4.54. The summed E-state index contributed by atoms with van der Waals surface area (Å²) in [7, 11) is 0. The van der Waals surface area contributed by atoms with Crippen LogP contribution < -0.4 is 4.90 Å². The molecule has 0 aliphatic rings. The van der Waals surface area contributed by atoms with E-state index in [1.54, 1.807) is 4.90 Å². The summed E-state index contributed by atoms with van der Waals surface area (Å²) in [5.41, 5.74) is 0.927. The highest BCUT2D eigenvalue weighted by Crippen LogP contribution is 2.16. The minimum Gasteiger partial charge on any atom is -0.315 e. The van der Waals surface area contributed by atoms with Gasteiger partial charge in [0, 0.05) is 16.7 Å². The molecule has 0 aliphatic heterocycles. The molecule has 0 aromatic heterocycles. The average molecular weight is 228 g/mol. The van der Waals surface area contributed by atoms with Gasteiger partial charge in [-0.05, 0) is 31.2 Å². The standard InChI is InChI=1S/C9H10BrNO/c1-2-11(7-12)9-5-3-8(10)4-6-9/h3-7H,2H2,1H3. The molecule has 0 atom stereocenters. The maximum Gasteiger partial charge on any atom is 0.214 e. The van der Waals surface area contributed by atoms with Crippen LogP contribution in [0.4, 0.5) is 5.69 Å². The lowest BCUT2D eigenvalue weighted by molar-refractivity contribution is -0.107. The van der Waals surface area contributed by atoms with E-state index in [0.717, 1.165) is 16.6 Å². The third-order valence-electron chi connectivity index (χ3n) is 1.63. The second kappa shape index (κ2) is 4.26. The summed E-state index contributed by atoms with van der Waals surface area (Å²) in [6.07, 6.45) is 0.837. The number of benzene rings is 1. The molecule has 0 unspecified atom stereocenters. The van der Waals surface area contributed by atoms with Crippen molar-refractivity contribution in [2.24, 2.45) is 0 Å². The van der Waals surface area contributed by atoms with Crippen molar-refractivity contribution >= 4 is 28.0 Å². The van der Waals surface area contributed by atoms with E-state index in [0.29, 0.717) is 6.54 Å². The first kappa shape index (κ1) is 9.26. The molecule has 0 saturated carbocycles. The van der Waals surface area contributed by atoms with Gasteiger partial charge in [0.25, 0.3) is 0 Å². The van der Waals surface area contributed by atoms with Crippen molar-refractivity contribution in [2.75, 3.05) is 11.4 Å². The molecule has 1 aromatic rings. The van der Waals surface area contributed by atoms with Crippen molar-refractivity contribution in [2.45, 2.75) is 6.92 Å². The van der Waals surface area contributed by atoms with Gasteiger partial charge < -0.3 is 4.90 Å². The highest BCUT2D eigenvalue weighted by atomic mass is 79.9. The Kier molecular flexibility index (Phi) is 3.29. The summed E-state index contributed by atoms with van der Waals surface area (Å²) < 4.78 is 1.02. The van der Waals surface area contributed by atoms with Crippen LogP contribution in [0.3, 0.4) is 0 Å². The van der Waals surface area contributed by atoms with E-state index in [2.05, 4.69) is 15.9 Å². The van der Waals surface area contributed by atoms with E-state index in [9.17, 15) is 4.79 Å². The summed E-state index contributed by atoms with van der Waals surface area (Å²) in [5, 5.41) is 0. The summed E-state index contributed by atoms with van der Waals surface area (Å²) in [4.78, 5) is 12.2. The zero-order valence-corrected chi connectivity index (χ0v) is 8.41. The zero-order valence-electron chi connectivity index (χ0n) is 6.83. The van der Waals surface area contributed by atoms with E-state index in [1.807, 2.05) is 31.2 Å². The van der Waals surface area contributed by atoms with Crippen LogP contribution in [0.2, 0.25) is 0 Å². The summed E-state index contributed by atoms with van der Waals surface area (Å²) >= 11 is 3.33. The number of hydrogen-bond donors (Lipinski definition) is 0. The average Bonchev–Trinajstić information content (AvgIpc) is 2.10. The van der Waals surface area contributed by atoms with Gasteiger partial charge in [-0.3, -0.25) is 4.79 Å². The lowest BCUT2D eigenvalue weighted by Crippen LogP contribution is -2.19. The second-order valence-corrected chi connectivity index (χ2v) is 3.28. The zero-order chi connectivity index (χ0) is 8.97. The molecule has 0 fully saturated rings. The van der Waals surface area contributed by atoms with Crippen LogP contribution in [0.1, 0.15) is 6.92 Å². The number of amides is 1. The Hall–Kier alpha value is -0.830. The molecule has 0 aliphatic carbocycles. The second-order valence-electron chi connectivity index (χ2n) is 2.37. The van der Waals surface area contributed by atoms with Crippen LogP contribution in [0.15, 0.2) is 28.7 Å². The van der Waals surface area contributed by atoms with E-state index >= 15 is 0 Å². The lowest BCUT2D eigenvalue weighted by atomic mass is 10.3. The van der Waals surface area contributed by atoms with E-state index in [1.165, 1.54) is 0 Å². The van der Waals surface area contributed by atoms with Crippen LogP contribution in [0.25, 0.3) is 0 Å². The molecule has 0 saturated heterocycles. The summed E-state index contributed by atoms with van der Waals surface area (Å²) in [5.74, 6) is 0. The highest BCUT2D eigenvalue weighted by molar-refractivity contribution is 9.10. The number of nitrogens with zero attached hydrogens (tertiary/aromatic N) is 1. The van der Waals surface area contributed by atoms with Crippen LogP contribution in [0.5, 0.6) is 0 Å². The Balaban J connectivity index is 2.87. The Morgan fingerprint density at radius 1 is 1.42 bits per heavy atom. The molecule has 12 heavy (non-hydrogen) atoms. The molecular weight excluding hydrogens is 218 g/mol. The van der Waals surface area contributed by atoms with Gasteiger partial charge in [0.2, 0.25) is 6.41 Å². The topological polar surface area (TPSA) is 20.3 Å². The van der Waals surface area contributed by atoms with Gasteiger partial charge in [-0.2, -0.15) is 0 Å². The first-order chi connectivity index (χ1) is 5.77. The van der Waals surface area contributed by atoms with Gasteiger partial charge in [-0.15, -0.1) is 0 Å². The van der Waals surface area contributed by atoms with Gasteiger partial charge in [0.15, 0.2) is 0 Å². The van der Waals surface area contributed by atoms with Crippen molar-refractivity contribution < 1.29 is 4.79 Å². The SMILES string of the molecule is CCN(C=O)c1ccc(Br)cc1. The van der Waals surface area contributed by atoms with E-state index in [4.69, 9.17) is 0 Å².